The fourth-order valence-corrected chi connectivity index (χ4v) is 1.75. The first-order chi connectivity index (χ1) is 8.83. The van der Waals surface area contributed by atoms with Crippen LogP contribution in [0.4, 0.5) is 10.5 Å². The maximum atomic E-state index is 11.6. The van der Waals surface area contributed by atoms with Crippen molar-refractivity contribution >= 4 is 34.3 Å². The zero-order valence-electron chi connectivity index (χ0n) is 11.0. The number of carbonyl (C=O) groups is 1. The van der Waals surface area contributed by atoms with Crippen molar-refractivity contribution in [3.63, 3.8) is 0 Å². The van der Waals surface area contributed by atoms with Crippen molar-refractivity contribution in [1.82, 2.24) is 4.98 Å². The van der Waals surface area contributed by atoms with E-state index in [-0.39, 0.29) is 0 Å². The summed E-state index contributed by atoms with van der Waals surface area (Å²) in [5.74, 6) is 0. The fraction of sp³-hybridized carbons (Fsp3) is 0.286. The Morgan fingerprint density at radius 2 is 2.05 bits per heavy atom. The van der Waals surface area contributed by atoms with Gasteiger partial charge in [0.15, 0.2) is 0 Å². The molecule has 1 N–H and O–H groups in total. The summed E-state index contributed by atoms with van der Waals surface area (Å²) in [5, 5.41) is 4.18. The molecular formula is C14H15ClN2O2. The van der Waals surface area contributed by atoms with E-state index < -0.39 is 11.7 Å². The summed E-state index contributed by atoms with van der Waals surface area (Å²) >= 11 is 5.89. The molecule has 0 aliphatic carbocycles. The van der Waals surface area contributed by atoms with Gasteiger partial charge >= 0.3 is 6.09 Å². The lowest BCUT2D eigenvalue weighted by Crippen LogP contribution is -2.27. The predicted octanol–water partition coefficient (Wildman–Crippen LogP) is 4.24. The quantitative estimate of drug-likeness (QED) is 0.849. The van der Waals surface area contributed by atoms with E-state index in [1.807, 2.05) is 32.9 Å². The highest BCUT2D eigenvalue weighted by molar-refractivity contribution is 6.31. The van der Waals surface area contributed by atoms with Crippen LogP contribution in [0.15, 0.2) is 30.5 Å². The summed E-state index contributed by atoms with van der Waals surface area (Å²) in [6.07, 6.45) is 1.07. The van der Waals surface area contributed by atoms with E-state index in [0.717, 1.165) is 10.9 Å². The van der Waals surface area contributed by atoms with Gasteiger partial charge in [0.2, 0.25) is 0 Å². The molecule has 1 aromatic carbocycles. The molecule has 0 spiro atoms. The van der Waals surface area contributed by atoms with Crippen LogP contribution >= 0.6 is 11.6 Å². The van der Waals surface area contributed by atoms with Gasteiger partial charge in [-0.15, -0.1) is 0 Å². The van der Waals surface area contributed by atoms with E-state index in [0.29, 0.717) is 10.7 Å². The molecule has 0 radical (unpaired) electrons. The second kappa shape index (κ2) is 5.05. The second-order valence-electron chi connectivity index (χ2n) is 5.19. The fourth-order valence-electron chi connectivity index (χ4n) is 1.58. The van der Waals surface area contributed by atoms with Gasteiger partial charge in [-0.25, -0.2) is 4.79 Å². The summed E-state index contributed by atoms with van der Waals surface area (Å²) in [5.41, 5.74) is 0.841. The van der Waals surface area contributed by atoms with Gasteiger partial charge in [-0.3, -0.25) is 10.3 Å². The summed E-state index contributed by atoms with van der Waals surface area (Å²) < 4.78 is 5.17. The van der Waals surface area contributed by atoms with Crippen LogP contribution in [0.2, 0.25) is 5.02 Å². The Labute approximate surface area is 116 Å². The highest BCUT2D eigenvalue weighted by atomic mass is 35.5. The minimum atomic E-state index is -0.526. The lowest BCUT2D eigenvalue weighted by molar-refractivity contribution is 0.0636. The normalized spacial score (nSPS) is 11.4. The van der Waals surface area contributed by atoms with Crippen molar-refractivity contribution in [2.75, 3.05) is 5.32 Å². The molecule has 0 saturated heterocycles. The van der Waals surface area contributed by atoms with Crippen molar-refractivity contribution in [3.05, 3.63) is 35.5 Å². The van der Waals surface area contributed by atoms with Crippen LogP contribution in [0.1, 0.15) is 20.8 Å². The van der Waals surface area contributed by atoms with Gasteiger partial charge < -0.3 is 4.74 Å². The molecule has 0 saturated carbocycles. The summed E-state index contributed by atoms with van der Waals surface area (Å²) in [7, 11) is 0. The first-order valence-corrected chi connectivity index (χ1v) is 6.27. The molecule has 5 heteroatoms. The average Bonchev–Trinajstić information content (AvgIpc) is 2.26. The van der Waals surface area contributed by atoms with E-state index in [1.54, 1.807) is 18.3 Å². The summed E-state index contributed by atoms with van der Waals surface area (Å²) in [4.78, 5) is 15.9. The van der Waals surface area contributed by atoms with Crippen LogP contribution in [-0.2, 0) is 4.74 Å². The van der Waals surface area contributed by atoms with E-state index in [1.165, 1.54) is 0 Å². The molecular weight excluding hydrogens is 264 g/mol. The molecule has 100 valence electrons. The first-order valence-electron chi connectivity index (χ1n) is 5.89. The number of fused-ring (bicyclic) bond motifs is 1. The van der Waals surface area contributed by atoms with Crippen LogP contribution in [0.3, 0.4) is 0 Å². The van der Waals surface area contributed by atoms with Crippen LogP contribution in [0.5, 0.6) is 0 Å². The number of halogens is 1. The number of rotatable bonds is 1. The third kappa shape index (κ3) is 3.83. The van der Waals surface area contributed by atoms with E-state index in [9.17, 15) is 4.79 Å². The van der Waals surface area contributed by atoms with Gasteiger partial charge in [-0.1, -0.05) is 17.7 Å². The van der Waals surface area contributed by atoms with E-state index in [2.05, 4.69) is 10.3 Å². The van der Waals surface area contributed by atoms with Crippen molar-refractivity contribution in [2.24, 2.45) is 0 Å². The number of anilines is 1. The Balaban J connectivity index is 2.18. The largest absolute Gasteiger partial charge is 0.444 e. The summed E-state index contributed by atoms with van der Waals surface area (Å²) in [6, 6.07) is 7.23. The SMILES string of the molecule is CC(C)(C)OC(=O)Nc1cnc2cc(Cl)ccc2c1. The van der Waals surface area contributed by atoms with Gasteiger partial charge in [-0.2, -0.15) is 0 Å². The van der Waals surface area contributed by atoms with Crippen molar-refractivity contribution < 1.29 is 9.53 Å². The number of hydrogen-bond acceptors (Lipinski definition) is 3. The van der Waals surface area contributed by atoms with Crippen LogP contribution in [0, 0.1) is 0 Å². The molecule has 2 rings (SSSR count). The monoisotopic (exact) mass is 278 g/mol. The molecule has 0 bridgehead atoms. The third-order valence-electron chi connectivity index (χ3n) is 2.29. The Morgan fingerprint density at radius 1 is 1.32 bits per heavy atom. The standard InChI is InChI=1S/C14H15ClN2O2/c1-14(2,3)19-13(18)17-11-6-9-4-5-10(15)7-12(9)16-8-11/h4-8H,1-3H3,(H,17,18). The molecule has 2 aromatic rings. The molecule has 0 aliphatic rings. The minimum Gasteiger partial charge on any atom is -0.444 e. The zero-order valence-corrected chi connectivity index (χ0v) is 11.8. The van der Waals surface area contributed by atoms with Crippen LogP contribution in [-0.4, -0.2) is 16.7 Å². The van der Waals surface area contributed by atoms with Gasteiger partial charge in [0, 0.05) is 10.4 Å². The Bertz CT molecular complexity index is 620. The molecule has 0 atom stereocenters. The lowest BCUT2D eigenvalue weighted by Gasteiger charge is -2.19. The third-order valence-corrected chi connectivity index (χ3v) is 2.53. The molecule has 1 amide bonds. The van der Waals surface area contributed by atoms with Gasteiger partial charge in [-0.05, 0) is 39.0 Å². The van der Waals surface area contributed by atoms with Crippen molar-refractivity contribution in [3.8, 4) is 0 Å². The number of ether oxygens (including phenoxy) is 1. The molecule has 0 unspecified atom stereocenters. The lowest BCUT2D eigenvalue weighted by atomic mass is 10.2. The highest BCUT2D eigenvalue weighted by Crippen LogP contribution is 2.20. The summed E-state index contributed by atoms with van der Waals surface area (Å²) in [6.45, 7) is 5.44. The molecule has 19 heavy (non-hydrogen) atoms. The van der Waals surface area contributed by atoms with Gasteiger partial charge in [0.25, 0.3) is 0 Å². The zero-order chi connectivity index (χ0) is 14.0. The Morgan fingerprint density at radius 3 is 2.74 bits per heavy atom. The average molecular weight is 279 g/mol. The van der Waals surface area contributed by atoms with Crippen LogP contribution in [0.25, 0.3) is 10.9 Å². The second-order valence-corrected chi connectivity index (χ2v) is 5.62. The van der Waals surface area contributed by atoms with E-state index in [4.69, 9.17) is 16.3 Å². The Hall–Kier alpha value is -1.81. The van der Waals surface area contributed by atoms with Gasteiger partial charge in [0.1, 0.15) is 5.60 Å². The van der Waals surface area contributed by atoms with Crippen molar-refractivity contribution in [2.45, 2.75) is 26.4 Å². The smallest absolute Gasteiger partial charge is 0.412 e. The van der Waals surface area contributed by atoms with Crippen LogP contribution < -0.4 is 5.32 Å². The molecule has 4 nitrogen and oxygen atoms in total. The van der Waals surface area contributed by atoms with Gasteiger partial charge in [0.05, 0.1) is 17.4 Å². The maximum Gasteiger partial charge on any atom is 0.412 e. The number of carbonyl (C=O) groups excluding carboxylic acids is 1. The first kappa shape index (κ1) is 13.6. The number of benzene rings is 1. The number of aromatic nitrogens is 1. The number of hydrogen-bond donors (Lipinski definition) is 1. The Kier molecular flexibility index (Phi) is 3.62. The minimum absolute atomic E-state index is 0.498. The maximum absolute atomic E-state index is 11.6. The van der Waals surface area contributed by atoms with Crippen molar-refractivity contribution in [1.29, 1.82) is 0 Å². The molecule has 0 aliphatic heterocycles. The number of nitrogens with one attached hydrogen (secondary N) is 1. The molecule has 1 heterocycles. The number of amides is 1. The predicted molar refractivity (Wildman–Crippen MR) is 76.6 cm³/mol. The highest BCUT2D eigenvalue weighted by Gasteiger charge is 2.16. The number of pyridine rings is 1. The number of nitrogens with zero attached hydrogens (tertiary/aromatic N) is 1. The molecule has 0 fully saturated rings. The topological polar surface area (TPSA) is 51.2 Å². The molecule has 1 aromatic heterocycles. The van der Waals surface area contributed by atoms with E-state index >= 15 is 0 Å².